The first-order valence-electron chi connectivity index (χ1n) is 16.6. The molecule has 1 spiro atoms. The van der Waals surface area contributed by atoms with Crippen LogP contribution in [0, 0.1) is 12.3 Å². The molecule has 0 bridgehead atoms. The van der Waals surface area contributed by atoms with E-state index in [4.69, 9.17) is 16.1 Å². The fourth-order valence-electron chi connectivity index (χ4n) is 9.49. The van der Waals surface area contributed by atoms with Crippen LogP contribution in [-0.4, -0.2) is 37.1 Å². The molecule has 0 radical (unpaired) electrons. The maximum absolute atomic E-state index is 14.9. The smallest absolute Gasteiger partial charge is 0.261 e. The molecule has 0 atom stereocenters. The molecule has 0 aliphatic carbocycles. The summed E-state index contributed by atoms with van der Waals surface area (Å²) in [6.07, 6.45) is 14.3. The van der Waals surface area contributed by atoms with Crippen molar-refractivity contribution in [2.45, 2.75) is 56.9 Å². The number of benzene rings is 3. The molecule has 0 fully saturated rings. The van der Waals surface area contributed by atoms with Crippen molar-refractivity contribution in [2.75, 3.05) is 40.9 Å². The molecule has 1 amide bonds. The topological polar surface area (TPSA) is 48.9 Å². The Hall–Kier alpha value is -4.76. The summed E-state index contributed by atoms with van der Waals surface area (Å²) < 4.78 is 7.34. The first-order chi connectivity index (χ1) is 22.2. The predicted molar refractivity (Wildman–Crippen MR) is 176 cm³/mol. The highest BCUT2D eigenvalue weighted by atomic mass is 16.5. The first-order valence-corrected chi connectivity index (χ1v) is 16.6. The standard InChI is InChI=1S/C39H34N4O2/c1-2-26-12-5-17-33(40-26)43-38(44)27-13-3-4-16-30(27)39(43)31-22-24-10-6-18-41-20-8-14-28(34(24)41)36(31)45-37-29-15-9-21-42-19-7-11-25(35(29)42)23-32(37)39/h1,3-5,12-13,16-17,22-23H,6-11,14-15,18-21H2. The number of rotatable bonds is 1. The third kappa shape index (κ3) is 3.21. The second-order valence-electron chi connectivity index (χ2n) is 13.4. The highest BCUT2D eigenvalue weighted by Crippen LogP contribution is 2.63. The summed E-state index contributed by atoms with van der Waals surface area (Å²) in [5.74, 6) is 5.13. The van der Waals surface area contributed by atoms with Crippen molar-refractivity contribution in [1.29, 1.82) is 0 Å². The Morgan fingerprint density at radius 3 is 1.96 bits per heavy atom. The number of fused-ring (bicyclic) bond motifs is 8. The van der Waals surface area contributed by atoms with Crippen LogP contribution in [0.5, 0.6) is 11.5 Å². The number of carbonyl (C=O) groups excluding carboxylic acids is 1. The largest absolute Gasteiger partial charge is 0.456 e. The molecule has 6 aliphatic rings. The summed E-state index contributed by atoms with van der Waals surface area (Å²) in [5.41, 5.74) is 11.5. The number of nitrogens with zero attached hydrogens (tertiary/aromatic N) is 4. The Morgan fingerprint density at radius 2 is 1.33 bits per heavy atom. The molecule has 6 nitrogen and oxygen atoms in total. The highest BCUT2D eigenvalue weighted by molar-refractivity contribution is 6.14. The Labute approximate surface area is 263 Å². The van der Waals surface area contributed by atoms with Gasteiger partial charge in [0.1, 0.15) is 28.5 Å². The first kappa shape index (κ1) is 25.6. The van der Waals surface area contributed by atoms with Gasteiger partial charge >= 0.3 is 0 Å². The lowest BCUT2D eigenvalue weighted by Crippen LogP contribution is -2.49. The molecular weight excluding hydrogens is 556 g/mol. The van der Waals surface area contributed by atoms with Gasteiger partial charge in [-0.2, -0.15) is 0 Å². The van der Waals surface area contributed by atoms with Gasteiger partial charge in [-0.05, 0) is 92.8 Å². The minimum Gasteiger partial charge on any atom is -0.456 e. The van der Waals surface area contributed by atoms with Gasteiger partial charge < -0.3 is 14.5 Å². The molecule has 0 saturated carbocycles. The number of anilines is 3. The zero-order chi connectivity index (χ0) is 29.9. The Bertz CT molecular complexity index is 1940. The van der Waals surface area contributed by atoms with Crippen molar-refractivity contribution in [3.8, 4) is 23.8 Å². The second-order valence-corrected chi connectivity index (χ2v) is 13.4. The van der Waals surface area contributed by atoms with Crippen LogP contribution in [0.3, 0.4) is 0 Å². The van der Waals surface area contributed by atoms with E-state index in [1.165, 1.54) is 33.6 Å². The number of aromatic nitrogens is 1. The van der Waals surface area contributed by atoms with E-state index in [9.17, 15) is 4.79 Å². The van der Waals surface area contributed by atoms with Crippen LogP contribution in [0.4, 0.5) is 17.2 Å². The molecule has 4 aromatic rings. The molecule has 222 valence electrons. The summed E-state index contributed by atoms with van der Waals surface area (Å²) in [6.45, 7) is 4.35. The minimum absolute atomic E-state index is 0.0490. The third-order valence-electron chi connectivity index (χ3n) is 11.1. The van der Waals surface area contributed by atoms with Crippen LogP contribution in [-0.2, 0) is 31.2 Å². The van der Waals surface area contributed by atoms with Gasteiger partial charge in [0.2, 0.25) is 0 Å². The number of carbonyl (C=O) groups is 1. The van der Waals surface area contributed by atoms with E-state index in [0.29, 0.717) is 17.1 Å². The molecule has 0 unspecified atom stereocenters. The Kier molecular flexibility index (Phi) is 5.19. The average Bonchev–Trinajstić information content (AvgIpc) is 3.35. The van der Waals surface area contributed by atoms with Crippen molar-refractivity contribution in [2.24, 2.45) is 0 Å². The fraction of sp³-hybridized carbons (Fsp3) is 0.333. The SMILES string of the molecule is C#Cc1cccc(N2C(=O)c3ccccc3C23c2cc4c5c(c2Oc2c3cc3c6c2CCCN6CCC3)CCCN5CCC4)n1. The van der Waals surface area contributed by atoms with Crippen molar-refractivity contribution >= 4 is 23.1 Å². The Morgan fingerprint density at radius 1 is 0.733 bits per heavy atom. The van der Waals surface area contributed by atoms with E-state index in [0.717, 1.165) is 106 Å². The Balaban J connectivity index is 1.38. The molecule has 7 heterocycles. The maximum atomic E-state index is 14.9. The zero-order valence-corrected chi connectivity index (χ0v) is 25.4. The van der Waals surface area contributed by atoms with E-state index in [1.54, 1.807) is 0 Å². The van der Waals surface area contributed by atoms with E-state index in [2.05, 4.69) is 40.0 Å². The van der Waals surface area contributed by atoms with E-state index in [1.807, 2.05) is 35.2 Å². The number of hydrogen-bond acceptors (Lipinski definition) is 5. The zero-order valence-electron chi connectivity index (χ0n) is 25.4. The van der Waals surface area contributed by atoms with Gasteiger partial charge in [0.25, 0.3) is 5.91 Å². The number of amides is 1. The summed E-state index contributed by atoms with van der Waals surface area (Å²) in [4.78, 5) is 26.9. The molecule has 0 saturated heterocycles. The van der Waals surface area contributed by atoms with Crippen LogP contribution in [0.15, 0.2) is 54.6 Å². The second kappa shape index (κ2) is 9.14. The number of terminal acetylenes is 1. The van der Waals surface area contributed by atoms with E-state index in [-0.39, 0.29) is 5.91 Å². The lowest BCUT2D eigenvalue weighted by Gasteiger charge is -2.48. The molecule has 45 heavy (non-hydrogen) atoms. The van der Waals surface area contributed by atoms with Gasteiger partial charge in [-0.25, -0.2) is 4.98 Å². The lowest BCUT2D eigenvalue weighted by atomic mass is 9.70. The van der Waals surface area contributed by atoms with Crippen LogP contribution in [0.1, 0.15) is 80.7 Å². The molecular formula is C39H34N4O2. The number of aryl methyl sites for hydroxylation is 2. The van der Waals surface area contributed by atoms with Gasteiger partial charge in [0.05, 0.1) is 0 Å². The lowest BCUT2D eigenvalue weighted by molar-refractivity contribution is 0.0984. The third-order valence-corrected chi connectivity index (χ3v) is 11.1. The van der Waals surface area contributed by atoms with Crippen molar-refractivity contribution in [1.82, 2.24) is 4.98 Å². The molecule has 1 aromatic heterocycles. The van der Waals surface area contributed by atoms with Gasteiger partial charge in [-0.3, -0.25) is 9.69 Å². The quantitative estimate of drug-likeness (QED) is 0.236. The molecule has 3 aromatic carbocycles. The predicted octanol–water partition coefficient (Wildman–Crippen LogP) is 6.52. The normalized spacial score (nSPS) is 19.6. The number of hydrogen-bond donors (Lipinski definition) is 0. The number of ether oxygens (including phenoxy) is 1. The van der Waals surface area contributed by atoms with Crippen LogP contribution >= 0.6 is 0 Å². The van der Waals surface area contributed by atoms with Gasteiger partial charge in [-0.1, -0.05) is 30.2 Å². The van der Waals surface area contributed by atoms with Crippen molar-refractivity contribution in [3.63, 3.8) is 0 Å². The summed E-state index contributed by atoms with van der Waals surface area (Å²) in [5, 5.41) is 0. The monoisotopic (exact) mass is 590 g/mol. The molecule has 6 aliphatic heterocycles. The van der Waals surface area contributed by atoms with Crippen LogP contribution in [0.2, 0.25) is 0 Å². The van der Waals surface area contributed by atoms with E-state index >= 15 is 0 Å². The summed E-state index contributed by atoms with van der Waals surface area (Å²) >= 11 is 0. The van der Waals surface area contributed by atoms with Gasteiger partial charge in [-0.15, -0.1) is 6.42 Å². The van der Waals surface area contributed by atoms with Crippen molar-refractivity contribution in [3.05, 3.63) is 105 Å². The van der Waals surface area contributed by atoms with Gasteiger partial charge in [0, 0.05) is 70.9 Å². The fourth-order valence-corrected chi connectivity index (χ4v) is 9.49. The van der Waals surface area contributed by atoms with Crippen molar-refractivity contribution < 1.29 is 9.53 Å². The molecule has 6 heteroatoms. The van der Waals surface area contributed by atoms with E-state index < -0.39 is 5.54 Å². The average molecular weight is 591 g/mol. The number of pyridine rings is 1. The van der Waals surface area contributed by atoms with Gasteiger partial charge in [0.15, 0.2) is 0 Å². The van der Waals surface area contributed by atoms with Crippen LogP contribution in [0.25, 0.3) is 0 Å². The summed E-state index contributed by atoms with van der Waals surface area (Å²) in [7, 11) is 0. The molecule has 10 rings (SSSR count). The highest BCUT2D eigenvalue weighted by Gasteiger charge is 2.59. The minimum atomic E-state index is -0.937. The summed E-state index contributed by atoms with van der Waals surface area (Å²) in [6, 6.07) is 18.7. The maximum Gasteiger partial charge on any atom is 0.261 e. The molecule has 0 N–H and O–H groups in total. The van der Waals surface area contributed by atoms with Crippen LogP contribution < -0.4 is 19.4 Å².